The molecule has 2 aromatic rings. The van der Waals surface area contributed by atoms with Crippen LogP contribution < -0.4 is 19.5 Å². The van der Waals surface area contributed by atoms with Gasteiger partial charge in [0.1, 0.15) is 0 Å². The Morgan fingerprint density at radius 1 is 1.15 bits per heavy atom. The first-order valence-corrected chi connectivity index (χ1v) is 8.56. The van der Waals surface area contributed by atoms with Crippen LogP contribution in [0.5, 0.6) is 17.2 Å². The van der Waals surface area contributed by atoms with E-state index >= 15 is 0 Å². The molecule has 7 nitrogen and oxygen atoms in total. The van der Waals surface area contributed by atoms with Gasteiger partial charge in [-0.15, -0.1) is 0 Å². The van der Waals surface area contributed by atoms with Gasteiger partial charge in [-0.1, -0.05) is 0 Å². The van der Waals surface area contributed by atoms with Crippen LogP contribution in [0.3, 0.4) is 0 Å². The number of amides is 1. The average molecular weight is 359 g/mol. The molecule has 3 rings (SSSR count). The van der Waals surface area contributed by atoms with Gasteiger partial charge >= 0.3 is 0 Å². The zero-order chi connectivity index (χ0) is 18.7. The molecule has 1 unspecified atom stereocenters. The molecule has 0 saturated heterocycles. The molecule has 0 radical (unpaired) electrons. The number of carbonyl (C=O) groups is 1. The van der Waals surface area contributed by atoms with E-state index in [2.05, 4.69) is 34.0 Å². The molecule has 0 bridgehead atoms. The summed E-state index contributed by atoms with van der Waals surface area (Å²) in [6, 6.07) is 7.80. The maximum Gasteiger partial charge on any atom is 0.238 e. The first-order chi connectivity index (χ1) is 12.6. The molecule has 1 aliphatic rings. The molecule has 1 atom stereocenters. The summed E-state index contributed by atoms with van der Waals surface area (Å²) < 4.78 is 18.2. The Morgan fingerprint density at radius 3 is 2.46 bits per heavy atom. The first kappa shape index (κ1) is 18.1. The molecular weight excluding hydrogens is 334 g/mol. The van der Waals surface area contributed by atoms with Crippen molar-refractivity contribution < 1.29 is 19.0 Å². The Morgan fingerprint density at radius 2 is 1.85 bits per heavy atom. The molecule has 0 spiro atoms. The second kappa shape index (κ2) is 7.70. The molecule has 26 heavy (non-hydrogen) atoms. The minimum Gasteiger partial charge on any atom is -0.493 e. The number of rotatable bonds is 6. The second-order valence-corrected chi connectivity index (χ2v) is 6.24. The maximum atomic E-state index is 12.6. The lowest BCUT2D eigenvalue weighted by molar-refractivity contribution is -0.118. The highest BCUT2D eigenvalue weighted by Crippen LogP contribution is 2.40. The van der Waals surface area contributed by atoms with Gasteiger partial charge in [0.25, 0.3) is 0 Å². The Hall–Kier alpha value is -2.67. The fraction of sp³-hybridized carbons (Fsp3) is 0.421. The van der Waals surface area contributed by atoms with Crippen molar-refractivity contribution in [2.75, 3.05) is 39.7 Å². The number of ether oxygens (including phenoxy) is 3. The molecular formula is C19H25N3O4. The van der Waals surface area contributed by atoms with Crippen molar-refractivity contribution in [1.29, 1.82) is 0 Å². The average Bonchev–Trinajstić information content (AvgIpc) is 3.12. The number of hydrogen-bond acceptors (Lipinski definition) is 5. The van der Waals surface area contributed by atoms with Crippen LogP contribution in [-0.2, 0) is 11.3 Å². The van der Waals surface area contributed by atoms with Gasteiger partial charge < -0.3 is 24.1 Å². The number of nitrogens with zero attached hydrogens (tertiary/aromatic N) is 2. The fourth-order valence-corrected chi connectivity index (χ4v) is 3.38. The molecule has 1 amide bonds. The molecule has 0 aliphatic carbocycles. The summed E-state index contributed by atoms with van der Waals surface area (Å²) in [5.41, 5.74) is 1.84. The number of benzene rings is 1. The van der Waals surface area contributed by atoms with Crippen LogP contribution in [-0.4, -0.2) is 49.8 Å². The minimum atomic E-state index is -0.0777. The van der Waals surface area contributed by atoms with E-state index in [1.165, 1.54) is 5.69 Å². The highest BCUT2D eigenvalue weighted by Gasteiger charge is 2.25. The van der Waals surface area contributed by atoms with E-state index in [1.54, 1.807) is 33.5 Å². The number of aromatic nitrogens is 1. The largest absolute Gasteiger partial charge is 0.493 e. The third kappa shape index (κ3) is 3.48. The van der Waals surface area contributed by atoms with Crippen molar-refractivity contribution in [1.82, 2.24) is 9.47 Å². The number of nitrogens with one attached hydrogen (secondary N) is 1. The summed E-state index contributed by atoms with van der Waals surface area (Å²) in [5, 5.41) is 2.93. The zero-order valence-electron chi connectivity index (χ0n) is 15.6. The van der Waals surface area contributed by atoms with Crippen molar-refractivity contribution in [2.45, 2.75) is 19.5 Å². The third-order valence-electron chi connectivity index (χ3n) is 4.76. The Kier molecular flexibility index (Phi) is 5.37. The standard InChI is InChI=1S/C19H25N3O4/c1-13-15-6-5-7-21(15)8-9-22(13)12-18(23)20-14-10-16(24-2)19(26-4)17(11-14)25-3/h5-7,10-11,13H,8-9,12H2,1-4H3,(H,20,23). The van der Waals surface area contributed by atoms with Crippen LogP contribution >= 0.6 is 0 Å². The van der Waals surface area contributed by atoms with E-state index in [4.69, 9.17) is 14.2 Å². The Bertz CT molecular complexity index is 762. The van der Waals surface area contributed by atoms with Crippen LogP contribution in [0.2, 0.25) is 0 Å². The van der Waals surface area contributed by atoms with Gasteiger partial charge in [-0.05, 0) is 19.1 Å². The van der Waals surface area contributed by atoms with Crippen molar-refractivity contribution in [3.63, 3.8) is 0 Å². The van der Waals surface area contributed by atoms with Crippen LogP contribution in [0, 0.1) is 0 Å². The summed E-state index contributed by atoms with van der Waals surface area (Å²) in [4.78, 5) is 14.7. The zero-order valence-corrected chi connectivity index (χ0v) is 15.6. The summed E-state index contributed by atoms with van der Waals surface area (Å²) in [7, 11) is 4.65. The summed E-state index contributed by atoms with van der Waals surface area (Å²) >= 11 is 0. The Balaban J connectivity index is 1.71. The van der Waals surface area contributed by atoms with Gasteiger partial charge in [-0.2, -0.15) is 0 Å². The molecule has 0 saturated carbocycles. The van der Waals surface area contributed by atoms with Crippen LogP contribution in [0.15, 0.2) is 30.5 Å². The normalized spacial score (nSPS) is 16.7. The van der Waals surface area contributed by atoms with Gasteiger partial charge in [-0.25, -0.2) is 0 Å². The SMILES string of the molecule is COc1cc(NC(=O)CN2CCn3cccc3C2C)cc(OC)c1OC. The number of anilines is 1. The van der Waals surface area contributed by atoms with Crippen molar-refractivity contribution in [3.05, 3.63) is 36.2 Å². The van der Waals surface area contributed by atoms with Crippen molar-refractivity contribution in [3.8, 4) is 17.2 Å². The molecule has 1 aromatic heterocycles. The number of methoxy groups -OCH3 is 3. The monoisotopic (exact) mass is 359 g/mol. The van der Waals surface area contributed by atoms with Gasteiger partial charge in [0.05, 0.1) is 27.9 Å². The quantitative estimate of drug-likeness (QED) is 0.859. The minimum absolute atomic E-state index is 0.0777. The molecule has 1 aromatic carbocycles. The summed E-state index contributed by atoms with van der Waals surface area (Å²) in [6.45, 7) is 4.18. The second-order valence-electron chi connectivity index (χ2n) is 6.24. The first-order valence-electron chi connectivity index (χ1n) is 8.56. The molecule has 1 N–H and O–H groups in total. The summed E-state index contributed by atoms with van der Waals surface area (Å²) in [6.07, 6.45) is 2.08. The Labute approximate surface area is 153 Å². The van der Waals surface area contributed by atoms with Crippen molar-refractivity contribution >= 4 is 11.6 Å². The molecule has 1 aliphatic heterocycles. The topological polar surface area (TPSA) is 65.0 Å². The van der Waals surface area contributed by atoms with E-state index < -0.39 is 0 Å². The third-order valence-corrected chi connectivity index (χ3v) is 4.76. The van der Waals surface area contributed by atoms with E-state index in [0.29, 0.717) is 29.5 Å². The number of carbonyl (C=O) groups excluding carboxylic acids is 1. The lowest BCUT2D eigenvalue weighted by atomic mass is 10.1. The predicted molar refractivity (Wildman–Crippen MR) is 99.1 cm³/mol. The number of hydrogen-bond donors (Lipinski definition) is 1. The highest BCUT2D eigenvalue weighted by molar-refractivity contribution is 5.93. The molecule has 2 heterocycles. The van der Waals surface area contributed by atoms with Gasteiger partial charge in [0.15, 0.2) is 11.5 Å². The van der Waals surface area contributed by atoms with E-state index in [0.717, 1.165) is 13.1 Å². The maximum absolute atomic E-state index is 12.6. The fourth-order valence-electron chi connectivity index (χ4n) is 3.38. The van der Waals surface area contributed by atoms with E-state index in [9.17, 15) is 4.79 Å². The van der Waals surface area contributed by atoms with Crippen LogP contribution in [0.1, 0.15) is 18.7 Å². The van der Waals surface area contributed by atoms with E-state index in [-0.39, 0.29) is 11.9 Å². The van der Waals surface area contributed by atoms with Gasteiger partial charge in [0.2, 0.25) is 11.7 Å². The van der Waals surface area contributed by atoms with Crippen molar-refractivity contribution in [2.24, 2.45) is 0 Å². The highest BCUT2D eigenvalue weighted by atomic mass is 16.5. The lowest BCUT2D eigenvalue weighted by Gasteiger charge is -2.34. The molecule has 140 valence electrons. The van der Waals surface area contributed by atoms with Gasteiger partial charge in [0, 0.05) is 48.8 Å². The molecule has 0 fully saturated rings. The summed E-state index contributed by atoms with van der Waals surface area (Å²) in [5.74, 6) is 1.43. The molecule has 7 heteroatoms. The van der Waals surface area contributed by atoms with E-state index in [1.807, 2.05) is 6.07 Å². The smallest absolute Gasteiger partial charge is 0.238 e. The number of fused-ring (bicyclic) bond motifs is 1. The predicted octanol–water partition coefficient (Wildman–Crippen LogP) is 2.53. The van der Waals surface area contributed by atoms with Gasteiger partial charge in [-0.3, -0.25) is 9.69 Å². The lowest BCUT2D eigenvalue weighted by Crippen LogP contribution is -2.41. The van der Waals surface area contributed by atoms with Crippen LogP contribution in [0.4, 0.5) is 5.69 Å². The van der Waals surface area contributed by atoms with Crippen LogP contribution in [0.25, 0.3) is 0 Å².